The zero-order valence-electron chi connectivity index (χ0n) is 20.0. The molecule has 0 nitrogen and oxygen atoms in total. The molecule has 0 unspecified atom stereocenters. The van der Waals surface area contributed by atoms with Crippen LogP contribution in [0.3, 0.4) is 0 Å². The molecule has 0 N–H and O–H groups in total. The molecule has 0 aliphatic carbocycles. The van der Waals surface area contributed by atoms with Crippen LogP contribution in [-0.2, 0) is 0 Å². The fourth-order valence-corrected chi connectivity index (χ4v) is 4.51. The predicted molar refractivity (Wildman–Crippen MR) is 133 cm³/mol. The van der Waals surface area contributed by atoms with E-state index in [0.29, 0.717) is 0 Å². The Hall–Kier alpha value is 2.35. The van der Waals surface area contributed by atoms with Crippen LogP contribution in [0.5, 0.6) is 0 Å². The van der Waals surface area contributed by atoms with Crippen molar-refractivity contribution in [2.75, 3.05) is 11.5 Å². The van der Waals surface area contributed by atoms with Crippen molar-refractivity contribution in [3.63, 3.8) is 0 Å². The molecule has 27 heavy (non-hydrogen) atoms. The predicted octanol–water partition coefficient (Wildman–Crippen LogP) is 8.80. The van der Waals surface area contributed by atoms with Gasteiger partial charge in [-0.15, -0.1) is 0 Å². The summed E-state index contributed by atoms with van der Waals surface area (Å²) in [5, 5.41) is 0. The van der Waals surface area contributed by atoms with Gasteiger partial charge in [-0.05, 0) is 24.3 Å². The minimum atomic E-state index is 0. The smallest absolute Gasteiger partial charge is 0 e. The first kappa shape index (κ1) is 34.0. The van der Waals surface area contributed by atoms with Crippen molar-refractivity contribution < 1.29 is 0 Å². The third kappa shape index (κ3) is 33.2. The fraction of sp³-hybridized carbons (Fsp3) is 1.00. The summed E-state index contributed by atoms with van der Waals surface area (Å²) >= 11 is 2.21. The maximum Gasteiger partial charge on any atom is 0 e. The Morgan fingerprint density at radius 2 is 0.556 bits per heavy atom. The maximum atomic E-state index is 2.30. The zero-order valence-corrected chi connectivity index (χ0v) is 24.8. The summed E-state index contributed by atoms with van der Waals surface area (Å²) in [6.07, 6.45) is 29.2. The van der Waals surface area contributed by atoms with Gasteiger partial charge in [0.05, 0.1) is 0 Å². The van der Waals surface area contributed by atoms with E-state index in [1.165, 1.54) is 140 Å². The topological polar surface area (TPSA) is 0 Å². The van der Waals surface area contributed by atoms with Gasteiger partial charge in [-0.25, -0.2) is 0 Å². The Kier molecular flexibility index (Phi) is 41.5. The summed E-state index contributed by atoms with van der Waals surface area (Å²) in [6, 6.07) is 0. The molecular formula is C24H50Na2S. The van der Waals surface area contributed by atoms with Gasteiger partial charge in [-0.2, -0.15) is 11.8 Å². The van der Waals surface area contributed by atoms with E-state index in [1.54, 1.807) is 0 Å². The standard InChI is InChI=1S/C24H50S.2Na/c1-3-5-7-9-11-13-15-17-19-21-23-25-24-22-20-18-16-14-12-10-8-6-4-2;;/h3-24H2,1-2H3;;. The van der Waals surface area contributed by atoms with E-state index in [1.807, 2.05) is 0 Å². The third-order valence-corrected chi connectivity index (χ3v) is 6.44. The van der Waals surface area contributed by atoms with Gasteiger partial charge in [0.1, 0.15) is 0 Å². The Balaban J connectivity index is -0.00000288. The van der Waals surface area contributed by atoms with Crippen LogP contribution in [0.25, 0.3) is 0 Å². The summed E-state index contributed by atoms with van der Waals surface area (Å²) in [6.45, 7) is 4.60. The first-order chi connectivity index (χ1) is 12.4. The van der Waals surface area contributed by atoms with Crippen molar-refractivity contribution in [1.29, 1.82) is 0 Å². The number of thioether (sulfide) groups is 1. The van der Waals surface area contributed by atoms with Crippen molar-refractivity contribution in [1.82, 2.24) is 0 Å². The Morgan fingerprint density at radius 3 is 0.815 bits per heavy atom. The molecule has 3 heteroatoms. The van der Waals surface area contributed by atoms with Gasteiger partial charge in [-0.1, -0.05) is 129 Å². The van der Waals surface area contributed by atoms with Gasteiger partial charge in [0.15, 0.2) is 0 Å². The van der Waals surface area contributed by atoms with Crippen molar-refractivity contribution in [2.45, 2.75) is 142 Å². The van der Waals surface area contributed by atoms with Gasteiger partial charge in [0, 0.05) is 59.1 Å². The van der Waals surface area contributed by atoms with Crippen LogP contribution in [0, 0.1) is 0 Å². The van der Waals surface area contributed by atoms with Crippen LogP contribution in [0.1, 0.15) is 142 Å². The molecule has 0 atom stereocenters. The largest absolute Gasteiger partial charge is 0.162 e. The van der Waals surface area contributed by atoms with E-state index in [2.05, 4.69) is 25.6 Å². The van der Waals surface area contributed by atoms with Crippen LogP contribution < -0.4 is 0 Å². The average Bonchev–Trinajstić information content (AvgIpc) is 2.63. The molecule has 0 saturated carbocycles. The molecule has 0 aliphatic heterocycles. The molecule has 0 amide bonds. The Morgan fingerprint density at radius 1 is 0.333 bits per heavy atom. The second-order valence-corrected chi connectivity index (χ2v) is 9.20. The number of hydrogen-bond acceptors (Lipinski definition) is 1. The minimum Gasteiger partial charge on any atom is -0.162 e. The molecule has 154 valence electrons. The first-order valence-electron chi connectivity index (χ1n) is 12.0. The van der Waals surface area contributed by atoms with Gasteiger partial charge in [0.25, 0.3) is 0 Å². The first-order valence-corrected chi connectivity index (χ1v) is 13.1. The van der Waals surface area contributed by atoms with Crippen molar-refractivity contribution in [3.05, 3.63) is 0 Å². The molecule has 0 saturated heterocycles. The summed E-state index contributed by atoms with van der Waals surface area (Å²) in [5.74, 6) is 2.82. The molecule has 0 aromatic carbocycles. The molecule has 0 bridgehead atoms. The van der Waals surface area contributed by atoms with Gasteiger partial charge >= 0.3 is 0 Å². The molecule has 0 spiro atoms. The van der Waals surface area contributed by atoms with E-state index < -0.39 is 0 Å². The maximum absolute atomic E-state index is 2.30. The molecule has 0 heterocycles. The Labute approximate surface area is 222 Å². The van der Waals surface area contributed by atoms with Crippen LogP contribution in [-0.4, -0.2) is 70.6 Å². The summed E-state index contributed by atoms with van der Waals surface area (Å²) in [4.78, 5) is 0. The van der Waals surface area contributed by atoms with E-state index in [-0.39, 0.29) is 59.1 Å². The second kappa shape index (κ2) is 33.0. The van der Waals surface area contributed by atoms with Crippen molar-refractivity contribution in [3.8, 4) is 0 Å². The SMILES string of the molecule is CCCCCCCCCCCCSCCCCCCCCCCCC.[Na].[Na]. The normalized spacial score (nSPS) is 10.4. The van der Waals surface area contributed by atoms with Crippen LogP contribution >= 0.6 is 11.8 Å². The number of hydrogen-bond donors (Lipinski definition) is 0. The second-order valence-electron chi connectivity index (χ2n) is 7.98. The average molecular weight is 417 g/mol. The van der Waals surface area contributed by atoms with E-state index >= 15 is 0 Å². The van der Waals surface area contributed by atoms with Gasteiger partial charge in [0.2, 0.25) is 0 Å². The van der Waals surface area contributed by atoms with Gasteiger partial charge < -0.3 is 0 Å². The number of rotatable bonds is 22. The minimum absolute atomic E-state index is 0. The van der Waals surface area contributed by atoms with Gasteiger partial charge in [-0.3, -0.25) is 0 Å². The van der Waals surface area contributed by atoms with E-state index in [9.17, 15) is 0 Å². The molecular weight excluding hydrogens is 366 g/mol. The van der Waals surface area contributed by atoms with E-state index in [0.717, 1.165) is 0 Å². The van der Waals surface area contributed by atoms with E-state index in [4.69, 9.17) is 0 Å². The van der Waals surface area contributed by atoms with Crippen LogP contribution in [0.4, 0.5) is 0 Å². The summed E-state index contributed by atoms with van der Waals surface area (Å²) in [7, 11) is 0. The molecule has 0 aromatic heterocycles. The summed E-state index contributed by atoms with van der Waals surface area (Å²) < 4.78 is 0. The molecule has 0 aromatic rings. The van der Waals surface area contributed by atoms with Crippen molar-refractivity contribution in [2.24, 2.45) is 0 Å². The molecule has 0 fully saturated rings. The zero-order chi connectivity index (χ0) is 18.3. The third-order valence-electron chi connectivity index (χ3n) is 5.28. The monoisotopic (exact) mass is 416 g/mol. The quantitative estimate of drug-likeness (QED) is 0.125. The van der Waals surface area contributed by atoms with Crippen molar-refractivity contribution >= 4 is 70.9 Å². The Bertz CT molecular complexity index is 202. The molecule has 2 radical (unpaired) electrons. The summed E-state index contributed by atoms with van der Waals surface area (Å²) in [5.41, 5.74) is 0. The molecule has 0 aliphatic rings. The molecule has 0 rings (SSSR count). The number of unbranched alkanes of at least 4 members (excludes halogenated alkanes) is 18. The van der Waals surface area contributed by atoms with Crippen LogP contribution in [0.15, 0.2) is 0 Å². The fourth-order valence-electron chi connectivity index (χ4n) is 3.49. The van der Waals surface area contributed by atoms with Crippen LogP contribution in [0.2, 0.25) is 0 Å².